The molecule has 3 fully saturated rings. The van der Waals surface area contributed by atoms with Gasteiger partial charge in [-0.3, -0.25) is 0 Å². The lowest BCUT2D eigenvalue weighted by Crippen LogP contribution is -2.47. The lowest BCUT2D eigenvalue weighted by molar-refractivity contribution is 0.0746. The summed E-state index contributed by atoms with van der Waals surface area (Å²) >= 11 is 0. The van der Waals surface area contributed by atoms with Crippen molar-refractivity contribution in [2.24, 2.45) is 29.1 Å². The standard InChI is InChI=1S/C40H72O2Si2/c1-15-44(16-2,17-3)42-40(12,30(4)5)28-26-32(7)36-24-25-37-33(19-18-27-39(36,37)11)21-22-34-29-35(23-20-31(34)6)41-43(13,14)38(8,9)10/h21-22,26,28,30,32,35-37H,6,15-20,23-25,27,29H2,1-5,7-14H3/b28-26+,33-21+,34-22+/t32-,35+,36-,37+,39-,40-/m1/s1. The second-order valence-electron chi connectivity index (χ2n) is 17.3. The Bertz CT molecular complexity index is 1060. The number of hydrogen-bond acceptors (Lipinski definition) is 2. The monoisotopic (exact) mass is 641 g/mol. The molecule has 0 N–H and O–H groups in total. The molecule has 44 heavy (non-hydrogen) atoms. The Morgan fingerprint density at radius 2 is 1.59 bits per heavy atom. The molecule has 6 atom stereocenters. The maximum atomic E-state index is 7.17. The molecule has 0 aliphatic heterocycles. The predicted octanol–water partition coefficient (Wildman–Crippen LogP) is 12.8. The van der Waals surface area contributed by atoms with Crippen LogP contribution in [0.5, 0.6) is 0 Å². The van der Waals surface area contributed by atoms with Gasteiger partial charge in [0.05, 0.1) is 5.60 Å². The number of hydrogen-bond donors (Lipinski definition) is 0. The van der Waals surface area contributed by atoms with Crippen molar-refractivity contribution in [2.45, 2.75) is 175 Å². The van der Waals surface area contributed by atoms with Crippen molar-refractivity contribution in [3.63, 3.8) is 0 Å². The van der Waals surface area contributed by atoms with E-state index < -0.39 is 16.6 Å². The topological polar surface area (TPSA) is 18.5 Å². The van der Waals surface area contributed by atoms with Crippen LogP contribution in [0.2, 0.25) is 36.3 Å². The van der Waals surface area contributed by atoms with Gasteiger partial charge in [-0.1, -0.05) is 111 Å². The van der Waals surface area contributed by atoms with Crippen LogP contribution in [0.25, 0.3) is 0 Å². The molecule has 0 bridgehead atoms. The van der Waals surface area contributed by atoms with Crippen molar-refractivity contribution in [3.05, 3.63) is 47.6 Å². The Labute approximate surface area is 276 Å². The highest BCUT2D eigenvalue weighted by molar-refractivity contribution is 6.74. The Morgan fingerprint density at radius 3 is 2.16 bits per heavy atom. The van der Waals surface area contributed by atoms with Crippen LogP contribution in [0.15, 0.2) is 47.6 Å². The van der Waals surface area contributed by atoms with E-state index in [0.717, 1.165) is 25.2 Å². The van der Waals surface area contributed by atoms with E-state index in [0.29, 0.717) is 29.3 Å². The van der Waals surface area contributed by atoms with Gasteiger partial charge in [0.15, 0.2) is 16.6 Å². The fourth-order valence-corrected chi connectivity index (χ4v) is 13.0. The first-order valence-electron chi connectivity index (χ1n) is 18.5. The summed E-state index contributed by atoms with van der Waals surface area (Å²) in [5.41, 5.74) is 4.66. The van der Waals surface area contributed by atoms with Gasteiger partial charge in [0.1, 0.15) is 0 Å². The van der Waals surface area contributed by atoms with Crippen LogP contribution in [0, 0.1) is 29.1 Å². The third-order valence-corrected chi connectivity index (χ3v) is 22.6. The summed E-state index contributed by atoms with van der Waals surface area (Å²) in [5.74, 6) is 2.47. The van der Waals surface area contributed by atoms with Crippen molar-refractivity contribution in [1.82, 2.24) is 0 Å². The normalized spacial score (nSPS) is 31.2. The zero-order valence-electron chi connectivity index (χ0n) is 31.5. The van der Waals surface area contributed by atoms with E-state index in [1.807, 2.05) is 0 Å². The molecule has 0 aromatic carbocycles. The van der Waals surface area contributed by atoms with E-state index in [2.05, 4.69) is 120 Å². The van der Waals surface area contributed by atoms with Crippen LogP contribution in [-0.2, 0) is 8.85 Å². The van der Waals surface area contributed by atoms with Gasteiger partial charge < -0.3 is 8.85 Å². The lowest BCUT2D eigenvalue weighted by atomic mass is 9.61. The summed E-state index contributed by atoms with van der Waals surface area (Å²) in [6, 6.07) is 3.62. The zero-order valence-corrected chi connectivity index (χ0v) is 33.5. The quantitative estimate of drug-likeness (QED) is 0.156. The second-order valence-corrected chi connectivity index (χ2v) is 26.7. The molecule has 0 spiro atoms. The molecule has 3 aliphatic carbocycles. The Morgan fingerprint density at radius 1 is 0.955 bits per heavy atom. The average molecular weight is 641 g/mol. The van der Waals surface area contributed by atoms with Gasteiger partial charge in [-0.25, -0.2) is 0 Å². The average Bonchev–Trinajstić information content (AvgIpc) is 3.31. The highest BCUT2D eigenvalue weighted by Crippen LogP contribution is 2.59. The first-order chi connectivity index (χ1) is 20.4. The molecule has 3 saturated carbocycles. The first-order valence-corrected chi connectivity index (χ1v) is 24.0. The molecular formula is C40H72O2Si2. The number of allylic oxidation sites excluding steroid dienone is 5. The van der Waals surface area contributed by atoms with Crippen molar-refractivity contribution in [2.75, 3.05) is 0 Å². The molecule has 3 rings (SSSR count). The second kappa shape index (κ2) is 14.6. The molecule has 3 aliphatic rings. The van der Waals surface area contributed by atoms with E-state index in [9.17, 15) is 0 Å². The van der Waals surface area contributed by atoms with Crippen LogP contribution in [-0.4, -0.2) is 28.3 Å². The van der Waals surface area contributed by atoms with E-state index in [1.54, 1.807) is 5.57 Å². The lowest BCUT2D eigenvalue weighted by Gasteiger charge is -2.44. The molecule has 4 heteroatoms. The predicted molar refractivity (Wildman–Crippen MR) is 199 cm³/mol. The third-order valence-electron chi connectivity index (χ3n) is 13.4. The highest BCUT2D eigenvalue weighted by atomic mass is 28.4. The van der Waals surface area contributed by atoms with Gasteiger partial charge in [0.25, 0.3) is 0 Å². The van der Waals surface area contributed by atoms with E-state index in [1.165, 1.54) is 61.4 Å². The third kappa shape index (κ3) is 8.23. The van der Waals surface area contributed by atoms with Crippen LogP contribution < -0.4 is 0 Å². The summed E-state index contributed by atoms with van der Waals surface area (Å²) < 4.78 is 14.0. The summed E-state index contributed by atoms with van der Waals surface area (Å²) in [6.45, 7) is 35.5. The first kappa shape index (κ1) is 37.8. The molecule has 0 saturated heterocycles. The Balaban J connectivity index is 1.77. The maximum absolute atomic E-state index is 7.17. The van der Waals surface area contributed by atoms with Crippen molar-refractivity contribution in [1.29, 1.82) is 0 Å². The van der Waals surface area contributed by atoms with E-state index in [4.69, 9.17) is 8.85 Å². The Kier molecular flexibility index (Phi) is 12.5. The van der Waals surface area contributed by atoms with Crippen molar-refractivity contribution < 1.29 is 8.85 Å². The largest absolute Gasteiger partial charge is 0.414 e. The molecular weight excluding hydrogens is 569 g/mol. The fraction of sp³-hybridized carbons (Fsp3) is 0.800. The molecule has 0 unspecified atom stereocenters. The molecule has 0 aromatic heterocycles. The summed E-state index contributed by atoms with van der Waals surface area (Å²) in [4.78, 5) is 0. The summed E-state index contributed by atoms with van der Waals surface area (Å²) in [5, 5.41) is 0.248. The molecule has 0 radical (unpaired) electrons. The minimum absolute atomic E-state index is 0.181. The molecule has 0 amide bonds. The van der Waals surface area contributed by atoms with Crippen LogP contribution >= 0.6 is 0 Å². The van der Waals surface area contributed by atoms with Gasteiger partial charge in [0, 0.05) is 6.10 Å². The Hall–Kier alpha value is -0.686. The molecule has 252 valence electrons. The van der Waals surface area contributed by atoms with E-state index in [-0.39, 0.29) is 10.6 Å². The van der Waals surface area contributed by atoms with Gasteiger partial charge in [-0.2, -0.15) is 0 Å². The molecule has 0 heterocycles. The maximum Gasteiger partial charge on any atom is 0.193 e. The number of rotatable bonds is 12. The van der Waals surface area contributed by atoms with Crippen LogP contribution in [0.1, 0.15) is 128 Å². The zero-order chi connectivity index (χ0) is 33.1. The summed E-state index contributed by atoms with van der Waals surface area (Å²) in [7, 11) is -3.47. The van der Waals surface area contributed by atoms with Gasteiger partial charge in [-0.05, 0) is 129 Å². The van der Waals surface area contributed by atoms with Crippen LogP contribution in [0.4, 0.5) is 0 Å². The fourth-order valence-electron chi connectivity index (χ4n) is 8.47. The molecule has 0 aromatic rings. The van der Waals surface area contributed by atoms with Crippen molar-refractivity contribution in [3.8, 4) is 0 Å². The highest BCUT2D eigenvalue weighted by Gasteiger charge is 2.50. The van der Waals surface area contributed by atoms with Gasteiger partial charge in [-0.15, -0.1) is 0 Å². The smallest absolute Gasteiger partial charge is 0.193 e. The van der Waals surface area contributed by atoms with Crippen molar-refractivity contribution >= 4 is 16.6 Å². The molecule has 2 nitrogen and oxygen atoms in total. The SMILES string of the molecule is C=C1CC[C@H](O[Si](C)(C)C(C)(C)C)C/C1=C\C=C1/CCC[C@]2(C)[C@@H]([C@H](C)/C=C/[C@@](C)(O[Si](CC)(CC)CC)C(C)C)CC[C@@H]12. The van der Waals surface area contributed by atoms with E-state index >= 15 is 0 Å². The van der Waals surface area contributed by atoms with Gasteiger partial charge >= 0.3 is 0 Å². The number of fused-ring (bicyclic) bond motifs is 1. The minimum atomic E-state index is -1.77. The minimum Gasteiger partial charge on any atom is -0.414 e. The summed E-state index contributed by atoms with van der Waals surface area (Å²) in [6.07, 6.45) is 20.2. The van der Waals surface area contributed by atoms with Crippen LogP contribution in [0.3, 0.4) is 0 Å². The van der Waals surface area contributed by atoms with Gasteiger partial charge in [0.2, 0.25) is 0 Å².